The zero-order valence-corrected chi connectivity index (χ0v) is 15.7. The number of hydrogen-bond acceptors (Lipinski definition) is 4. The average Bonchev–Trinajstić information content (AvgIpc) is 2.49. The molecular formula is C17H26N2O4S. The number of nitrogens with one attached hydrogen (secondary N) is 1. The molecule has 1 aromatic rings. The van der Waals surface area contributed by atoms with Crippen molar-refractivity contribution in [2.75, 3.05) is 25.0 Å². The number of hydrogen-bond donors (Lipinski definition) is 1. The van der Waals surface area contributed by atoms with Gasteiger partial charge in [-0.05, 0) is 39.0 Å². The first-order valence-electron chi connectivity index (χ1n) is 7.99. The number of rotatable bonds is 8. The molecule has 0 aliphatic rings. The van der Waals surface area contributed by atoms with Gasteiger partial charge in [-0.2, -0.15) is 4.31 Å². The van der Waals surface area contributed by atoms with Crippen molar-refractivity contribution in [3.05, 3.63) is 29.8 Å². The minimum absolute atomic E-state index is 0.0584. The Morgan fingerprint density at radius 1 is 1.21 bits per heavy atom. The van der Waals surface area contributed by atoms with Crippen LogP contribution in [0.25, 0.3) is 0 Å². The van der Waals surface area contributed by atoms with Gasteiger partial charge in [0.15, 0.2) is 0 Å². The summed E-state index contributed by atoms with van der Waals surface area (Å²) in [6.07, 6.45) is 1.45. The summed E-state index contributed by atoms with van der Waals surface area (Å²) in [7, 11) is -3.69. The zero-order chi connectivity index (χ0) is 18.3. The first-order valence-corrected chi connectivity index (χ1v) is 9.43. The number of carbonyl (C=O) groups excluding carboxylic acids is 1. The molecule has 1 aromatic carbocycles. The van der Waals surface area contributed by atoms with Crippen molar-refractivity contribution in [1.29, 1.82) is 0 Å². The molecule has 0 radical (unpaired) electrons. The van der Waals surface area contributed by atoms with Crippen LogP contribution in [0.1, 0.15) is 34.6 Å². The molecule has 134 valence electrons. The predicted molar refractivity (Wildman–Crippen MR) is 95.8 cm³/mol. The summed E-state index contributed by atoms with van der Waals surface area (Å²) in [5, 5.41) is 2.68. The van der Waals surface area contributed by atoms with Crippen LogP contribution >= 0.6 is 0 Å². The molecule has 0 aromatic heterocycles. The van der Waals surface area contributed by atoms with E-state index < -0.39 is 10.0 Å². The number of carbonyl (C=O) groups is 1. The van der Waals surface area contributed by atoms with E-state index in [1.54, 1.807) is 32.9 Å². The van der Waals surface area contributed by atoms with Gasteiger partial charge in [0.05, 0.1) is 6.61 Å². The van der Waals surface area contributed by atoms with Gasteiger partial charge in [-0.1, -0.05) is 19.4 Å². The van der Waals surface area contributed by atoms with Crippen molar-refractivity contribution in [2.45, 2.75) is 39.5 Å². The van der Waals surface area contributed by atoms with E-state index in [4.69, 9.17) is 4.74 Å². The first-order chi connectivity index (χ1) is 11.3. The Morgan fingerprint density at radius 2 is 1.83 bits per heavy atom. The molecule has 1 rings (SSSR count). The van der Waals surface area contributed by atoms with Gasteiger partial charge in [0.1, 0.15) is 10.6 Å². The third kappa shape index (κ3) is 5.07. The number of sulfonamides is 1. The van der Waals surface area contributed by atoms with Gasteiger partial charge >= 0.3 is 0 Å². The van der Waals surface area contributed by atoms with E-state index in [0.29, 0.717) is 25.4 Å². The number of ether oxygens (including phenoxy) is 1. The van der Waals surface area contributed by atoms with Crippen molar-refractivity contribution in [3.8, 4) is 5.75 Å². The maximum atomic E-state index is 12.8. The van der Waals surface area contributed by atoms with Gasteiger partial charge < -0.3 is 10.1 Å². The van der Waals surface area contributed by atoms with Crippen LogP contribution in [-0.4, -0.2) is 38.3 Å². The van der Waals surface area contributed by atoms with Crippen LogP contribution in [0.4, 0.5) is 5.69 Å². The van der Waals surface area contributed by atoms with Crippen LogP contribution in [0.3, 0.4) is 0 Å². The summed E-state index contributed by atoms with van der Waals surface area (Å²) in [4.78, 5) is 11.9. The fourth-order valence-corrected chi connectivity index (χ4v) is 3.82. The second-order valence-corrected chi connectivity index (χ2v) is 7.30. The molecule has 0 aliphatic heterocycles. The monoisotopic (exact) mass is 354 g/mol. The standard InChI is InChI=1S/C17H26N2O4S/c1-6-19(7-2)24(21,22)16-12-14(9-10-15(16)23-8-3)18-17(20)11-13(4)5/h9-12H,6-8H2,1-5H3,(H,18,20). The summed E-state index contributed by atoms with van der Waals surface area (Å²) in [6, 6.07) is 4.64. The Labute approximate surface area is 144 Å². The van der Waals surface area contributed by atoms with Crippen molar-refractivity contribution >= 4 is 21.6 Å². The van der Waals surface area contributed by atoms with E-state index in [-0.39, 0.29) is 16.6 Å². The molecule has 6 nitrogen and oxygen atoms in total. The Hall–Kier alpha value is -1.86. The van der Waals surface area contributed by atoms with Crippen LogP contribution in [0.15, 0.2) is 34.7 Å². The number of anilines is 1. The summed E-state index contributed by atoms with van der Waals surface area (Å²) in [5.41, 5.74) is 1.26. The third-order valence-corrected chi connectivity index (χ3v) is 5.33. The van der Waals surface area contributed by atoms with E-state index in [1.165, 1.54) is 16.4 Å². The van der Waals surface area contributed by atoms with Crippen LogP contribution < -0.4 is 10.1 Å². The highest BCUT2D eigenvalue weighted by Gasteiger charge is 2.26. The molecule has 0 unspecified atom stereocenters. The summed E-state index contributed by atoms with van der Waals surface area (Å²) in [5.74, 6) is -0.0186. The van der Waals surface area contributed by atoms with E-state index in [9.17, 15) is 13.2 Å². The van der Waals surface area contributed by atoms with Gasteiger partial charge in [0, 0.05) is 24.9 Å². The van der Waals surface area contributed by atoms with Crippen molar-refractivity contribution < 1.29 is 17.9 Å². The van der Waals surface area contributed by atoms with Crippen molar-refractivity contribution in [2.24, 2.45) is 0 Å². The Kier molecular flexibility index (Phi) is 7.44. The molecule has 0 bridgehead atoms. The van der Waals surface area contributed by atoms with Crippen molar-refractivity contribution in [1.82, 2.24) is 4.31 Å². The Morgan fingerprint density at radius 3 is 2.33 bits per heavy atom. The van der Waals surface area contributed by atoms with Crippen LogP contribution in [-0.2, 0) is 14.8 Å². The molecule has 0 aliphatic carbocycles. The molecule has 0 spiro atoms. The summed E-state index contributed by atoms with van der Waals surface area (Å²) in [6.45, 7) is 10.0. The van der Waals surface area contributed by atoms with E-state index >= 15 is 0 Å². The molecule has 1 amide bonds. The number of allylic oxidation sites excluding steroid dienone is 1. The highest BCUT2D eigenvalue weighted by Crippen LogP contribution is 2.30. The summed E-state index contributed by atoms with van der Waals surface area (Å²) >= 11 is 0. The minimum Gasteiger partial charge on any atom is -0.492 e. The second-order valence-electron chi connectivity index (χ2n) is 5.39. The molecular weight excluding hydrogens is 328 g/mol. The number of benzene rings is 1. The first kappa shape index (κ1) is 20.2. The normalized spacial score (nSPS) is 11.2. The van der Waals surface area contributed by atoms with Gasteiger partial charge in [0.25, 0.3) is 0 Å². The lowest BCUT2D eigenvalue weighted by Gasteiger charge is -2.21. The van der Waals surface area contributed by atoms with Crippen LogP contribution in [0, 0.1) is 0 Å². The highest BCUT2D eigenvalue weighted by atomic mass is 32.2. The second kappa shape index (κ2) is 8.84. The predicted octanol–water partition coefficient (Wildman–Crippen LogP) is 3.02. The van der Waals surface area contributed by atoms with Gasteiger partial charge in [-0.25, -0.2) is 8.42 Å². The van der Waals surface area contributed by atoms with Gasteiger partial charge in [-0.15, -0.1) is 0 Å². The maximum absolute atomic E-state index is 12.8. The van der Waals surface area contributed by atoms with E-state index in [2.05, 4.69) is 5.32 Å². The summed E-state index contributed by atoms with van der Waals surface area (Å²) < 4.78 is 32.5. The molecule has 0 saturated carbocycles. The average molecular weight is 354 g/mol. The molecule has 7 heteroatoms. The maximum Gasteiger partial charge on any atom is 0.248 e. The lowest BCUT2D eigenvalue weighted by Crippen LogP contribution is -2.31. The minimum atomic E-state index is -3.69. The highest BCUT2D eigenvalue weighted by molar-refractivity contribution is 7.89. The molecule has 0 saturated heterocycles. The molecule has 1 N–H and O–H groups in total. The van der Waals surface area contributed by atoms with Crippen molar-refractivity contribution in [3.63, 3.8) is 0 Å². The third-order valence-electron chi connectivity index (χ3n) is 3.25. The fourth-order valence-electron chi connectivity index (χ4n) is 2.21. The Bertz CT molecular complexity index is 703. The smallest absolute Gasteiger partial charge is 0.248 e. The lowest BCUT2D eigenvalue weighted by atomic mass is 10.2. The lowest BCUT2D eigenvalue weighted by molar-refractivity contribution is -0.111. The van der Waals surface area contributed by atoms with Gasteiger partial charge in [0.2, 0.25) is 15.9 Å². The molecule has 0 fully saturated rings. The van der Waals surface area contributed by atoms with E-state index in [1.807, 2.05) is 13.8 Å². The zero-order valence-electron chi connectivity index (χ0n) is 14.9. The Balaban J connectivity index is 3.32. The van der Waals surface area contributed by atoms with Gasteiger partial charge in [-0.3, -0.25) is 4.79 Å². The van der Waals surface area contributed by atoms with E-state index in [0.717, 1.165) is 5.57 Å². The number of amides is 1. The topological polar surface area (TPSA) is 75.7 Å². The molecule has 24 heavy (non-hydrogen) atoms. The van der Waals surface area contributed by atoms with Crippen LogP contribution in [0.2, 0.25) is 0 Å². The molecule has 0 atom stereocenters. The number of nitrogens with zero attached hydrogens (tertiary/aromatic N) is 1. The largest absolute Gasteiger partial charge is 0.492 e. The SMILES string of the molecule is CCOc1ccc(NC(=O)C=C(C)C)cc1S(=O)(=O)N(CC)CC. The molecule has 0 heterocycles. The van der Waals surface area contributed by atoms with Crippen LogP contribution in [0.5, 0.6) is 5.75 Å². The fraction of sp³-hybridized carbons (Fsp3) is 0.471. The quantitative estimate of drug-likeness (QED) is 0.728.